The second-order valence-electron chi connectivity index (χ2n) is 5.33. The van der Waals surface area contributed by atoms with Crippen LogP contribution in [0.5, 0.6) is 0 Å². The summed E-state index contributed by atoms with van der Waals surface area (Å²) in [6.07, 6.45) is 0. The van der Waals surface area contributed by atoms with E-state index in [-0.39, 0.29) is 12.5 Å². The zero-order chi connectivity index (χ0) is 14.2. The lowest BCUT2D eigenvalue weighted by Crippen LogP contribution is -2.58. The lowest BCUT2D eigenvalue weighted by atomic mass is 10.0. The van der Waals surface area contributed by atoms with Crippen LogP contribution in [-0.2, 0) is 29.2 Å². The van der Waals surface area contributed by atoms with E-state index in [1.54, 1.807) is 4.90 Å². The number of nitrogens with one attached hydrogen (secondary N) is 1. The molecule has 0 aliphatic carbocycles. The average Bonchev–Trinajstić information content (AvgIpc) is 2.89. The van der Waals surface area contributed by atoms with Gasteiger partial charge in [0.1, 0.15) is 6.61 Å². The Morgan fingerprint density at radius 3 is 3.05 bits per heavy atom. The van der Waals surface area contributed by atoms with E-state index in [1.807, 2.05) is 11.5 Å². The van der Waals surface area contributed by atoms with Gasteiger partial charge in [-0.1, -0.05) is 0 Å². The normalized spacial score (nSPS) is 26.4. The Morgan fingerprint density at radius 1 is 1.50 bits per heavy atom. The highest BCUT2D eigenvalue weighted by atomic mass is 16.5. The van der Waals surface area contributed by atoms with Crippen molar-refractivity contribution in [2.45, 2.75) is 32.2 Å². The number of morpholine rings is 1. The van der Waals surface area contributed by atoms with Crippen LogP contribution in [0.1, 0.15) is 18.6 Å². The summed E-state index contributed by atoms with van der Waals surface area (Å²) in [5.41, 5.74) is -0.805. The van der Waals surface area contributed by atoms with Crippen molar-refractivity contribution in [3.8, 4) is 0 Å². The molecule has 2 aliphatic heterocycles. The topological polar surface area (TPSA) is 92.5 Å². The monoisotopic (exact) mass is 281 g/mol. The van der Waals surface area contributed by atoms with E-state index in [9.17, 15) is 9.90 Å². The number of aliphatic hydroxyl groups excluding tert-OH is 1. The molecule has 3 heterocycles. The molecule has 0 aromatic carbocycles. The highest BCUT2D eigenvalue weighted by Crippen LogP contribution is 2.20. The average molecular weight is 281 g/mol. The van der Waals surface area contributed by atoms with Gasteiger partial charge in [-0.2, -0.15) is 0 Å². The van der Waals surface area contributed by atoms with Gasteiger partial charge in [-0.25, -0.2) is 0 Å². The number of rotatable bonds is 2. The van der Waals surface area contributed by atoms with Gasteiger partial charge in [0.15, 0.2) is 17.2 Å². The van der Waals surface area contributed by atoms with E-state index in [0.717, 1.165) is 6.54 Å². The predicted octanol–water partition coefficient (Wildman–Crippen LogP) is -1.51. The smallest absolute Gasteiger partial charge is 0.256 e. The minimum atomic E-state index is -0.805. The van der Waals surface area contributed by atoms with Gasteiger partial charge >= 0.3 is 0 Å². The molecule has 0 radical (unpaired) electrons. The molecule has 0 unspecified atom stereocenters. The first-order valence-electron chi connectivity index (χ1n) is 6.80. The summed E-state index contributed by atoms with van der Waals surface area (Å²) in [5, 5.41) is 20.3. The zero-order valence-electron chi connectivity index (χ0n) is 11.5. The SMILES string of the molecule is C[C@]1(C(=O)N2CCn3c(CO)nnc3C2)CNCCO1. The Hall–Kier alpha value is -1.51. The largest absolute Gasteiger partial charge is 0.388 e. The van der Waals surface area contributed by atoms with Crippen molar-refractivity contribution in [2.75, 3.05) is 26.2 Å². The van der Waals surface area contributed by atoms with E-state index in [2.05, 4.69) is 15.5 Å². The number of hydrogen-bond acceptors (Lipinski definition) is 6. The molecule has 2 N–H and O–H groups in total. The van der Waals surface area contributed by atoms with Gasteiger partial charge < -0.3 is 24.6 Å². The summed E-state index contributed by atoms with van der Waals surface area (Å²) < 4.78 is 7.53. The second kappa shape index (κ2) is 5.12. The Kier molecular flexibility index (Phi) is 3.45. The molecule has 110 valence electrons. The molecular weight excluding hydrogens is 262 g/mol. The van der Waals surface area contributed by atoms with Gasteiger partial charge in [0.25, 0.3) is 5.91 Å². The van der Waals surface area contributed by atoms with E-state index in [0.29, 0.717) is 44.4 Å². The van der Waals surface area contributed by atoms with Crippen LogP contribution in [0.25, 0.3) is 0 Å². The number of carbonyl (C=O) groups is 1. The van der Waals surface area contributed by atoms with E-state index in [1.165, 1.54) is 0 Å². The molecule has 20 heavy (non-hydrogen) atoms. The maximum atomic E-state index is 12.6. The van der Waals surface area contributed by atoms with Crippen LogP contribution >= 0.6 is 0 Å². The van der Waals surface area contributed by atoms with Crippen LogP contribution < -0.4 is 5.32 Å². The van der Waals surface area contributed by atoms with Gasteiger partial charge in [0, 0.05) is 26.2 Å². The third-order valence-corrected chi connectivity index (χ3v) is 3.87. The Labute approximate surface area is 116 Å². The highest BCUT2D eigenvalue weighted by Gasteiger charge is 2.40. The van der Waals surface area contributed by atoms with Gasteiger partial charge in [-0.15, -0.1) is 10.2 Å². The summed E-state index contributed by atoms with van der Waals surface area (Å²) in [4.78, 5) is 14.4. The van der Waals surface area contributed by atoms with Crippen LogP contribution in [0.15, 0.2) is 0 Å². The first-order chi connectivity index (χ1) is 9.64. The maximum Gasteiger partial charge on any atom is 0.256 e. The Morgan fingerprint density at radius 2 is 2.35 bits per heavy atom. The summed E-state index contributed by atoms with van der Waals surface area (Å²) in [6, 6.07) is 0. The molecule has 1 fully saturated rings. The van der Waals surface area contributed by atoms with Gasteiger partial charge in [-0.05, 0) is 6.92 Å². The van der Waals surface area contributed by atoms with Crippen molar-refractivity contribution < 1.29 is 14.6 Å². The number of ether oxygens (including phenoxy) is 1. The zero-order valence-corrected chi connectivity index (χ0v) is 11.5. The molecule has 0 spiro atoms. The van der Waals surface area contributed by atoms with Gasteiger partial charge in [-0.3, -0.25) is 4.79 Å². The number of aliphatic hydroxyl groups is 1. The van der Waals surface area contributed by atoms with E-state index >= 15 is 0 Å². The van der Waals surface area contributed by atoms with Crippen molar-refractivity contribution in [3.05, 3.63) is 11.6 Å². The van der Waals surface area contributed by atoms with Crippen molar-refractivity contribution >= 4 is 5.91 Å². The maximum absolute atomic E-state index is 12.6. The molecule has 0 bridgehead atoms. The molecule has 8 nitrogen and oxygen atoms in total. The summed E-state index contributed by atoms with van der Waals surface area (Å²) >= 11 is 0. The van der Waals surface area contributed by atoms with E-state index in [4.69, 9.17) is 4.74 Å². The predicted molar refractivity (Wildman–Crippen MR) is 68.6 cm³/mol. The fourth-order valence-electron chi connectivity index (χ4n) is 2.71. The van der Waals surface area contributed by atoms with E-state index < -0.39 is 5.60 Å². The molecule has 1 saturated heterocycles. The number of nitrogens with zero attached hydrogens (tertiary/aromatic N) is 4. The quantitative estimate of drug-likeness (QED) is 0.685. The molecule has 0 saturated carbocycles. The molecule has 1 atom stereocenters. The van der Waals surface area contributed by atoms with Crippen molar-refractivity contribution in [3.63, 3.8) is 0 Å². The van der Waals surface area contributed by atoms with Crippen LogP contribution in [0.2, 0.25) is 0 Å². The highest BCUT2D eigenvalue weighted by molar-refractivity contribution is 5.85. The Bertz CT molecular complexity index is 509. The molecule has 1 amide bonds. The first kappa shape index (κ1) is 13.5. The molecule has 2 aliphatic rings. The van der Waals surface area contributed by atoms with Crippen LogP contribution in [0.4, 0.5) is 0 Å². The van der Waals surface area contributed by atoms with Gasteiger partial charge in [0.2, 0.25) is 0 Å². The van der Waals surface area contributed by atoms with Crippen molar-refractivity contribution in [2.24, 2.45) is 0 Å². The third kappa shape index (κ3) is 2.19. The molecule has 1 aromatic rings. The Balaban J connectivity index is 1.74. The first-order valence-corrected chi connectivity index (χ1v) is 6.80. The third-order valence-electron chi connectivity index (χ3n) is 3.87. The lowest BCUT2D eigenvalue weighted by Gasteiger charge is -2.38. The van der Waals surface area contributed by atoms with Crippen LogP contribution in [-0.4, -0.2) is 62.5 Å². The molecular formula is C12H19N5O3. The van der Waals surface area contributed by atoms with Crippen LogP contribution in [0, 0.1) is 0 Å². The minimum Gasteiger partial charge on any atom is -0.388 e. The standard InChI is InChI=1S/C12H19N5O3/c1-12(8-13-2-5-20-12)11(19)16-3-4-17-9(6-16)14-15-10(17)7-18/h13,18H,2-8H2,1H3/t12-/m1/s1. The number of carbonyl (C=O) groups excluding carboxylic acids is 1. The number of hydrogen-bond donors (Lipinski definition) is 2. The number of fused-ring (bicyclic) bond motifs is 1. The molecule has 8 heteroatoms. The molecule has 1 aromatic heterocycles. The minimum absolute atomic E-state index is 0.0236. The van der Waals surface area contributed by atoms with Gasteiger partial charge in [0.05, 0.1) is 13.2 Å². The van der Waals surface area contributed by atoms with Crippen LogP contribution in [0.3, 0.4) is 0 Å². The summed E-state index contributed by atoms with van der Waals surface area (Å²) in [7, 11) is 0. The van der Waals surface area contributed by atoms with Crippen molar-refractivity contribution in [1.82, 2.24) is 25.0 Å². The van der Waals surface area contributed by atoms with Crippen molar-refractivity contribution in [1.29, 1.82) is 0 Å². The summed E-state index contributed by atoms with van der Waals surface area (Å²) in [5.74, 6) is 1.24. The number of amides is 1. The fraction of sp³-hybridized carbons (Fsp3) is 0.750. The second-order valence-corrected chi connectivity index (χ2v) is 5.33. The number of aromatic nitrogens is 3. The fourth-order valence-corrected chi connectivity index (χ4v) is 2.71. The lowest BCUT2D eigenvalue weighted by molar-refractivity contribution is -0.160. The molecule has 3 rings (SSSR count). The summed E-state index contributed by atoms with van der Waals surface area (Å²) in [6.45, 7) is 5.12.